The first kappa shape index (κ1) is 14.8. The maximum Gasteiger partial charge on any atom is 0.269 e. The molecule has 0 radical (unpaired) electrons. The van der Waals surface area contributed by atoms with E-state index in [1.807, 2.05) is 0 Å². The van der Waals surface area contributed by atoms with Crippen LogP contribution in [0, 0.1) is 12.8 Å². The number of aromatic amines is 1. The molecule has 1 aromatic carbocycles. The molecule has 0 spiro atoms. The smallest absolute Gasteiger partial charge is 0.269 e. The van der Waals surface area contributed by atoms with Crippen molar-refractivity contribution in [2.24, 2.45) is 5.92 Å². The van der Waals surface area contributed by atoms with Gasteiger partial charge in [0.05, 0.1) is 6.10 Å². The van der Waals surface area contributed by atoms with E-state index in [2.05, 4.69) is 46.7 Å². The number of ether oxygens (including phenoxy) is 1. The lowest BCUT2D eigenvalue weighted by molar-refractivity contribution is -0.0272. The van der Waals surface area contributed by atoms with E-state index in [-0.39, 0.29) is 12.0 Å². The van der Waals surface area contributed by atoms with Crippen LogP contribution in [-0.2, 0) is 4.74 Å². The Kier molecular flexibility index (Phi) is 4.53. The lowest BCUT2D eigenvalue weighted by Crippen LogP contribution is -2.35. The number of amides is 1. The number of benzene rings is 1. The molecule has 3 rings (SSSR count). The van der Waals surface area contributed by atoms with Gasteiger partial charge in [0, 0.05) is 25.3 Å². The van der Waals surface area contributed by atoms with Gasteiger partial charge in [-0.15, -0.1) is 0 Å². The summed E-state index contributed by atoms with van der Waals surface area (Å²) >= 11 is 0. The van der Waals surface area contributed by atoms with Gasteiger partial charge in [-0.2, -0.15) is 5.10 Å². The second kappa shape index (κ2) is 6.75. The Labute approximate surface area is 130 Å². The van der Waals surface area contributed by atoms with E-state index in [0.29, 0.717) is 18.2 Å². The number of carbonyl (C=O) groups excluding carboxylic acids is 1. The van der Waals surface area contributed by atoms with Crippen LogP contribution in [0.25, 0.3) is 0 Å². The molecule has 22 heavy (non-hydrogen) atoms. The highest BCUT2D eigenvalue weighted by molar-refractivity contribution is 5.92. The third kappa shape index (κ3) is 3.36. The molecule has 116 valence electrons. The Morgan fingerprint density at radius 3 is 2.91 bits per heavy atom. The summed E-state index contributed by atoms with van der Waals surface area (Å²) in [7, 11) is 0. The Balaban J connectivity index is 1.65. The Morgan fingerprint density at radius 2 is 2.18 bits per heavy atom. The summed E-state index contributed by atoms with van der Waals surface area (Å²) in [6.45, 7) is 3.47. The third-order valence-electron chi connectivity index (χ3n) is 4.12. The summed E-state index contributed by atoms with van der Waals surface area (Å²) in [5.74, 6) is 0.175. The molecular weight excluding hydrogens is 278 g/mol. The first-order valence-electron chi connectivity index (χ1n) is 7.70. The number of aryl methyl sites for hydroxylation is 1. The van der Waals surface area contributed by atoms with E-state index in [4.69, 9.17) is 4.74 Å². The van der Waals surface area contributed by atoms with Crippen molar-refractivity contribution in [3.05, 3.63) is 53.3 Å². The fourth-order valence-corrected chi connectivity index (χ4v) is 2.88. The van der Waals surface area contributed by atoms with Crippen molar-refractivity contribution in [2.75, 3.05) is 13.2 Å². The van der Waals surface area contributed by atoms with Crippen molar-refractivity contribution in [3.63, 3.8) is 0 Å². The van der Waals surface area contributed by atoms with E-state index in [1.165, 1.54) is 11.1 Å². The third-order valence-corrected chi connectivity index (χ3v) is 4.12. The van der Waals surface area contributed by atoms with Gasteiger partial charge in [-0.1, -0.05) is 29.8 Å². The molecule has 1 aliphatic rings. The van der Waals surface area contributed by atoms with Crippen LogP contribution in [0.4, 0.5) is 0 Å². The van der Waals surface area contributed by atoms with Gasteiger partial charge in [0.25, 0.3) is 5.91 Å². The van der Waals surface area contributed by atoms with Crippen LogP contribution >= 0.6 is 0 Å². The van der Waals surface area contributed by atoms with Crippen molar-refractivity contribution in [1.82, 2.24) is 15.5 Å². The fourth-order valence-electron chi connectivity index (χ4n) is 2.88. The minimum atomic E-state index is -0.120. The van der Waals surface area contributed by atoms with Crippen LogP contribution in [0.15, 0.2) is 36.5 Å². The number of hydrogen-bond acceptors (Lipinski definition) is 3. The standard InChI is InChI=1S/C17H21N3O2/c1-12-4-6-13(7-5-12)16-14(3-2-10-22-16)11-18-17(21)15-8-9-19-20-15/h4-9,14,16H,2-3,10-11H2,1H3,(H,18,21)(H,19,20)/t14-,16-/m0/s1. The van der Waals surface area contributed by atoms with Crippen molar-refractivity contribution < 1.29 is 9.53 Å². The fraction of sp³-hybridized carbons (Fsp3) is 0.412. The van der Waals surface area contributed by atoms with Crippen molar-refractivity contribution in [3.8, 4) is 0 Å². The molecule has 1 saturated heterocycles. The zero-order valence-electron chi connectivity index (χ0n) is 12.7. The summed E-state index contributed by atoms with van der Waals surface area (Å²) in [5.41, 5.74) is 2.92. The average molecular weight is 299 g/mol. The van der Waals surface area contributed by atoms with Gasteiger partial charge in [-0.25, -0.2) is 0 Å². The highest BCUT2D eigenvalue weighted by Gasteiger charge is 2.27. The van der Waals surface area contributed by atoms with E-state index < -0.39 is 0 Å². The minimum absolute atomic E-state index is 0.0522. The molecule has 2 N–H and O–H groups in total. The molecule has 1 aliphatic heterocycles. The second-order valence-corrected chi connectivity index (χ2v) is 5.78. The van der Waals surface area contributed by atoms with Crippen molar-refractivity contribution in [1.29, 1.82) is 0 Å². The van der Waals surface area contributed by atoms with Crippen molar-refractivity contribution in [2.45, 2.75) is 25.9 Å². The van der Waals surface area contributed by atoms with Crippen molar-refractivity contribution >= 4 is 5.91 Å². The van der Waals surface area contributed by atoms with Gasteiger partial charge in [0.1, 0.15) is 5.69 Å². The number of aromatic nitrogens is 2. The largest absolute Gasteiger partial charge is 0.373 e. The molecule has 0 saturated carbocycles. The van der Waals surface area contributed by atoms with Crippen LogP contribution in [-0.4, -0.2) is 29.3 Å². The molecule has 0 unspecified atom stereocenters. The van der Waals surface area contributed by atoms with Gasteiger partial charge in [0.2, 0.25) is 0 Å². The molecule has 1 aromatic heterocycles. The molecule has 5 heteroatoms. The maximum atomic E-state index is 12.0. The van der Waals surface area contributed by atoms with E-state index in [9.17, 15) is 4.79 Å². The number of carbonyl (C=O) groups is 1. The van der Waals surface area contributed by atoms with Crippen LogP contribution < -0.4 is 5.32 Å². The van der Waals surface area contributed by atoms with E-state index >= 15 is 0 Å². The molecule has 5 nitrogen and oxygen atoms in total. The molecule has 0 aliphatic carbocycles. The molecule has 2 atom stereocenters. The lowest BCUT2D eigenvalue weighted by Gasteiger charge is -2.32. The van der Waals surface area contributed by atoms with E-state index in [1.54, 1.807) is 12.3 Å². The average Bonchev–Trinajstić information content (AvgIpc) is 3.08. The highest BCUT2D eigenvalue weighted by atomic mass is 16.5. The quantitative estimate of drug-likeness (QED) is 0.912. The molecule has 2 aromatic rings. The minimum Gasteiger partial charge on any atom is -0.373 e. The number of H-pyrrole nitrogens is 1. The zero-order valence-corrected chi connectivity index (χ0v) is 12.7. The lowest BCUT2D eigenvalue weighted by atomic mass is 9.89. The van der Waals surface area contributed by atoms with E-state index in [0.717, 1.165) is 19.4 Å². The van der Waals surface area contributed by atoms with Crippen LogP contribution in [0.5, 0.6) is 0 Å². The summed E-state index contributed by atoms with van der Waals surface area (Å²) in [4.78, 5) is 12.0. The Bertz CT molecular complexity index is 607. The Morgan fingerprint density at radius 1 is 1.36 bits per heavy atom. The molecule has 2 heterocycles. The molecular formula is C17H21N3O2. The summed E-state index contributed by atoms with van der Waals surface area (Å²) in [5, 5.41) is 9.45. The molecule has 0 bridgehead atoms. The number of nitrogens with zero attached hydrogens (tertiary/aromatic N) is 1. The summed E-state index contributed by atoms with van der Waals surface area (Å²) in [6.07, 6.45) is 3.72. The van der Waals surface area contributed by atoms with Crippen LogP contribution in [0.1, 0.15) is 40.6 Å². The predicted octanol–water partition coefficient (Wildman–Crippen LogP) is 2.62. The summed E-state index contributed by atoms with van der Waals surface area (Å²) in [6, 6.07) is 10.1. The molecule has 1 amide bonds. The van der Waals surface area contributed by atoms with Gasteiger partial charge < -0.3 is 10.1 Å². The topological polar surface area (TPSA) is 67.0 Å². The van der Waals surface area contributed by atoms with Crippen LogP contribution in [0.3, 0.4) is 0 Å². The van der Waals surface area contributed by atoms with Gasteiger partial charge in [-0.05, 0) is 31.4 Å². The summed E-state index contributed by atoms with van der Waals surface area (Å²) < 4.78 is 5.97. The zero-order chi connectivity index (χ0) is 15.4. The molecule has 1 fully saturated rings. The van der Waals surface area contributed by atoms with Crippen LogP contribution in [0.2, 0.25) is 0 Å². The predicted molar refractivity (Wildman–Crippen MR) is 83.5 cm³/mol. The van der Waals surface area contributed by atoms with Gasteiger partial charge in [0.15, 0.2) is 0 Å². The SMILES string of the molecule is Cc1ccc([C@@H]2OCCC[C@H]2CNC(=O)c2ccn[nH]2)cc1. The first-order chi connectivity index (χ1) is 10.7. The second-order valence-electron chi connectivity index (χ2n) is 5.78. The maximum absolute atomic E-state index is 12.0. The normalized spacial score (nSPS) is 21.5. The Hall–Kier alpha value is -2.14. The number of hydrogen-bond donors (Lipinski definition) is 2. The number of rotatable bonds is 4. The first-order valence-corrected chi connectivity index (χ1v) is 7.70. The monoisotopic (exact) mass is 299 g/mol. The highest BCUT2D eigenvalue weighted by Crippen LogP contribution is 2.33. The van der Waals surface area contributed by atoms with Gasteiger partial charge >= 0.3 is 0 Å². The number of nitrogens with one attached hydrogen (secondary N) is 2. The van der Waals surface area contributed by atoms with Gasteiger partial charge in [-0.3, -0.25) is 9.89 Å².